The molecule has 0 aromatic carbocycles. The van der Waals surface area contributed by atoms with Gasteiger partial charge in [0, 0.05) is 25.7 Å². The van der Waals surface area contributed by atoms with E-state index in [-0.39, 0.29) is 24.0 Å². The number of ether oxygens (including phenoxy) is 1. The van der Waals surface area contributed by atoms with Gasteiger partial charge >= 0.3 is 0 Å². The van der Waals surface area contributed by atoms with Crippen molar-refractivity contribution in [2.45, 2.75) is 51.2 Å². The molecule has 0 spiro atoms. The van der Waals surface area contributed by atoms with E-state index in [4.69, 9.17) is 4.74 Å². The molecule has 0 aromatic rings. The second-order valence-corrected chi connectivity index (χ2v) is 4.60. The Morgan fingerprint density at radius 3 is 2.76 bits per heavy atom. The quantitative estimate of drug-likeness (QED) is 0.451. The summed E-state index contributed by atoms with van der Waals surface area (Å²) in [4.78, 5) is 4.57. The lowest BCUT2D eigenvalue weighted by atomic mass is 10.2. The predicted molar refractivity (Wildman–Crippen MR) is 81.1 cm³/mol. The highest BCUT2D eigenvalue weighted by Gasteiger charge is 2.22. The normalized spacial score (nSPS) is 24.3. The third kappa shape index (κ3) is 5.90. The molecule has 0 aromatic heterocycles. The Morgan fingerprint density at radius 1 is 1.35 bits per heavy atom. The van der Waals surface area contributed by atoms with Gasteiger partial charge in [-0.2, -0.15) is 0 Å². The van der Waals surface area contributed by atoms with Crippen LogP contribution in [0.4, 0.5) is 0 Å². The molecule has 0 bridgehead atoms. The zero-order valence-corrected chi connectivity index (χ0v) is 12.9. The maximum absolute atomic E-state index is 5.58. The molecular weight excluding hydrogens is 329 g/mol. The van der Waals surface area contributed by atoms with Crippen LogP contribution < -0.4 is 10.6 Å². The van der Waals surface area contributed by atoms with Crippen molar-refractivity contribution in [1.82, 2.24) is 10.6 Å². The first kappa shape index (κ1) is 15.0. The summed E-state index contributed by atoms with van der Waals surface area (Å²) in [6.45, 7) is 4.84. The van der Waals surface area contributed by atoms with Crippen LogP contribution in [0.5, 0.6) is 0 Å². The Morgan fingerprint density at radius 2 is 2.18 bits per heavy atom. The van der Waals surface area contributed by atoms with Crippen LogP contribution in [-0.4, -0.2) is 37.8 Å². The van der Waals surface area contributed by atoms with Crippen molar-refractivity contribution in [1.29, 1.82) is 0 Å². The highest BCUT2D eigenvalue weighted by molar-refractivity contribution is 14.0. The molecule has 1 saturated carbocycles. The SMILES string of the molecule is CCNC(=NCCC1CCCO1)NC1CC1.I. The summed E-state index contributed by atoms with van der Waals surface area (Å²) in [6, 6.07) is 0.667. The fourth-order valence-electron chi connectivity index (χ4n) is 1.93. The average molecular weight is 353 g/mol. The van der Waals surface area contributed by atoms with Crippen LogP contribution in [0.2, 0.25) is 0 Å². The number of guanidine groups is 1. The van der Waals surface area contributed by atoms with Crippen LogP contribution in [0.3, 0.4) is 0 Å². The van der Waals surface area contributed by atoms with Crippen molar-refractivity contribution in [3.05, 3.63) is 0 Å². The first-order chi connectivity index (χ1) is 7.88. The van der Waals surface area contributed by atoms with Crippen LogP contribution in [0, 0.1) is 0 Å². The van der Waals surface area contributed by atoms with Gasteiger partial charge in [0.25, 0.3) is 0 Å². The number of aliphatic imine (C=N–C) groups is 1. The first-order valence-electron chi connectivity index (χ1n) is 6.55. The number of hydrogen-bond donors (Lipinski definition) is 2. The smallest absolute Gasteiger partial charge is 0.191 e. The lowest BCUT2D eigenvalue weighted by Crippen LogP contribution is -2.38. The molecule has 1 unspecified atom stereocenters. The summed E-state index contributed by atoms with van der Waals surface area (Å²) in [5, 5.41) is 6.69. The summed E-state index contributed by atoms with van der Waals surface area (Å²) in [5.41, 5.74) is 0. The number of nitrogens with one attached hydrogen (secondary N) is 2. The molecule has 100 valence electrons. The van der Waals surface area contributed by atoms with E-state index in [0.717, 1.165) is 32.1 Å². The van der Waals surface area contributed by atoms with Gasteiger partial charge in [0.1, 0.15) is 0 Å². The van der Waals surface area contributed by atoms with Gasteiger partial charge in [0.05, 0.1) is 6.10 Å². The first-order valence-corrected chi connectivity index (χ1v) is 6.55. The molecule has 2 aliphatic rings. The summed E-state index contributed by atoms with van der Waals surface area (Å²) < 4.78 is 5.58. The fourth-order valence-corrected chi connectivity index (χ4v) is 1.93. The lowest BCUT2D eigenvalue weighted by molar-refractivity contribution is 0.106. The second kappa shape index (κ2) is 8.13. The molecule has 1 aliphatic carbocycles. The van der Waals surface area contributed by atoms with Crippen LogP contribution in [-0.2, 0) is 4.74 Å². The molecule has 1 aliphatic heterocycles. The Hall–Kier alpha value is -0.0400. The van der Waals surface area contributed by atoms with Crippen molar-refractivity contribution < 1.29 is 4.74 Å². The highest BCUT2D eigenvalue weighted by atomic mass is 127. The number of hydrogen-bond acceptors (Lipinski definition) is 2. The predicted octanol–water partition coefficient (Wildman–Crippen LogP) is 1.89. The van der Waals surface area contributed by atoms with Crippen molar-refractivity contribution in [2.24, 2.45) is 4.99 Å². The van der Waals surface area contributed by atoms with Gasteiger partial charge in [0.15, 0.2) is 5.96 Å². The zero-order valence-electron chi connectivity index (χ0n) is 10.6. The van der Waals surface area contributed by atoms with Crippen LogP contribution in [0.15, 0.2) is 4.99 Å². The molecule has 4 nitrogen and oxygen atoms in total. The summed E-state index contributed by atoms with van der Waals surface area (Å²) >= 11 is 0. The van der Waals surface area contributed by atoms with E-state index in [1.807, 2.05) is 0 Å². The van der Waals surface area contributed by atoms with E-state index in [1.165, 1.54) is 25.7 Å². The van der Waals surface area contributed by atoms with E-state index < -0.39 is 0 Å². The zero-order chi connectivity index (χ0) is 11.2. The van der Waals surface area contributed by atoms with Gasteiger partial charge in [-0.1, -0.05) is 0 Å². The third-order valence-corrected chi connectivity index (χ3v) is 3.01. The average Bonchev–Trinajstić information content (AvgIpc) is 2.93. The molecule has 2 N–H and O–H groups in total. The van der Waals surface area contributed by atoms with Crippen LogP contribution in [0.25, 0.3) is 0 Å². The second-order valence-electron chi connectivity index (χ2n) is 4.60. The standard InChI is InChI=1S/C12H23N3O.HI/c1-2-13-12(15-10-5-6-10)14-8-7-11-4-3-9-16-11;/h10-11H,2-9H2,1H3,(H2,13,14,15);1H. The fraction of sp³-hybridized carbons (Fsp3) is 0.917. The minimum atomic E-state index is 0. The molecule has 1 heterocycles. The van der Waals surface area contributed by atoms with Crippen molar-refractivity contribution >= 4 is 29.9 Å². The molecule has 0 radical (unpaired) electrons. The van der Waals surface area contributed by atoms with Gasteiger partial charge < -0.3 is 15.4 Å². The van der Waals surface area contributed by atoms with E-state index >= 15 is 0 Å². The molecule has 17 heavy (non-hydrogen) atoms. The topological polar surface area (TPSA) is 45.7 Å². The van der Waals surface area contributed by atoms with Gasteiger partial charge in [-0.05, 0) is 39.0 Å². The van der Waals surface area contributed by atoms with E-state index in [2.05, 4.69) is 22.5 Å². The van der Waals surface area contributed by atoms with Crippen molar-refractivity contribution in [3.63, 3.8) is 0 Å². The molecular formula is C12H24IN3O. The number of rotatable bonds is 5. The lowest BCUT2D eigenvalue weighted by Gasteiger charge is -2.11. The van der Waals surface area contributed by atoms with Gasteiger partial charge in [-0.15, -0.1) is 24.0 Å². The van der Waals surface area contributed by atoms with Gasteiger partial charge in [-0.25, -0.2) is 0 Å². The molecule has 2 rings (SSSR count). The molecule has 2 fully saturated rings. The van der Waals surface area contributed by atoms with E-state index in [9.17, 15) is 0 Å². The van der Waals surface area contributed by atoms with Crippen LogP contribution >= 0.6 is 24.0 Å². The monoisotopic (exact) mass is 353 g/mol. The Bertz CT molecular complexity index is 238. The maximum Gasteiger partial charge on any atom is 0.191 e. The van der Waals surface area contributed by atoms with E-state index in [0.29, 0.717) is 12.1 Å². The minimum absolute atomic E-state index is 0. The summed E-state index contributed by atoms with van der Waals surface area (Å²) in [7, 11) is 0. The maximum atomic E-state index is 5.58. The highest BCUT2D eigenvalue weighted by Crippen LogP contribution is 2.18. The Balaban J connectivity index is 0.00000144. The van der Waals surface area contributed by atoms with Crippen molar-refractivity contribution in [2.75, 3.05) is 19.7 Å². The van der Waals surface area contributed by atoms with E-state index in [1.54, 1.807) is 0 Å². The number of halogens is 1. The number of nitrogens with zero attached hydrogens (tertiary/aromatic N) is 1. The van der Waals surface area contributed by atoms with Gasteiger partial charge in [0.2, 0.25) is 0 Å². The summed E-state index contributed by atoms with van der Waals surface area (Å²) in [6.07, 6.45) is 6.51. The largest absolute Gasteiger partial charge is 0.378 e. The Labute approximate surface area is 121 Å². The Kier molecular flexibility index (Phi) is 7.18. The molecule has 0 amide bonds. The van der Waals surface area contributed by atoms with Crippen LogP contribution in [0.1, 0.15) is 39.0 Å². The van der Waals surface area contributed by atoms with Gasteiger partial charge in [-0.3, -0.25) is 4.99 Å². The summed E-state index contributed by atoms with van der Waals surface area (Å²) in [5.74, 6) is 0.975. The third-order valence-electron chi connectivity index (χ3n) is 3.01. The van der Waals surface area contributed by atoms with Crippen molar-refractivity contribution in [3.8, 4) is 0 Å². The molecule has 5 heteroatoms. The minimum Gasteiger partial charge on any atom is -0.378 e. The molecule has 1 atom stereocenters. The molecule has 1 saturated heterocycles.